The van der Waals surface area contributed by atoms with Crippen molar-refractivity contribution in [3.8, 4) is 0 Å². The highest BCUT2D eigenvalue weighted by Gasteiger charge is 2.05. The Bertz CT molecular complexity index is 100. The molecule has 0 aromatic rings. The molecule has 1 aliphatic heterocycles. The van der Waals surface area contributed by atoms with Crippen LogP contribution in [-0.4, -0.2) is 17.2 Å². The zero-order valence-corrected chi connectivity index (χ0v) is 5.07. The molecule has 3 nitrogen and oxygen atoms in total. The summed E-state index contributed by atoms with van der Waals surface area (Å²) in [6.45, 7) is 1.93. The summed E-state index contributed by atoms with van der Waals surface area (Å²) in [5.74, 6) is 0. The standard InChI is InChI=1S/C3H6N3S/c1-3-4-6(2)5-7-3/h1-2H3. The van der Waals surface area contributed by atoms with E-state index in [0.29, 0.717) is 0 Å². The van der Waals surface area contributed by atoms with Gasteiger partial charge in [0.15, 0.2) is 0 Å². The number of hydrogen-bond donors (Lipinski definition) is 0. The SMILES string of the molecule is CC1=NN(C)[N]S1. The van der Waals surface area contributed by atoms with Crippen molar-refractivity contribution in [2.75, 3.05) is 7.05 Å². The molecule has 0 aromatic heterocycles. The van der Waals surface area contributed by atoms with E-state index < -0.39 is 0 Å². The summed E-state index contributed by atoms with van der Waals surface area (Å²) in [6, 6.07) is 0. The first-order valence-corrected chi connectivity index (χ1v) is 2.73. The van der Waals surface area contributed by atoms with Crippen LogP contribution in [0.25, 0.3) is 0 Å². The minimum absolute atomic E-state index is 1.00. The number of hydrazone groups is 1. The van der Waals surface area contributed by atoms with Crippen molar-refractivity contribution in [3.63, 3.8) is 0 Å². The van der Waals surface area contributed by atoms with Crippen LogP contribution >= 0.6 is 11.9 Å². The maximum atomic E-state index is 3.94. The van der Waals surface area contributed by atoms with E-state index in [1.165, 1.54) is 11.9 Å². The minimum atomic E-state index is 1.00. The van der Waals surface area contributed by atoms with Gasteiger partial charge in [-0.05, 0) is 11.8 Å². The highest BCUT2D eigenvalue weighted by atomic mass is 32.2. The van der Waals surface area contributed by atoms with E-state index in [0.717, 1.165) is 5.04 Å². The van der Waals surface area contributed by atoms with Gasteiger partial charge < -0.3 is 0 Å². The molecule has 0 spiro atoms. The van der Waals surface area contributed by atoms with Crippen LogP contribution in [0.4, 0.5) is 0 Å². The molecule has 1 rings (SSSR count). The normalized spacial score (nSPS) is 20.3. The minimum Gasteiger partial charge on any atom is -0.202 e. The second kappa shape index (κ2) is 1.71. The molecule has 1 heterocycles. The fourth-order valence-corrected chi connectivity index (χ4v) is 0.786. The lowest BCUT2D eigenvalue weighted by Gasteiger charge is -1.96. The van der Waals surface area contributed by atoms with E-state index in [9.17, 15) is 0 Å². The van der Waals surface area contributed by atoms with E-state index in [4.69, 9.17) is 0 Å². The number of hydrogen-bond acceptors (Lipinski definition) is 3. The molecule has 0 fully saturated rings. The summed E-state index contributed by atoms with van der Waals surface area (Å²) in [5, 5.41) is 6.49. The Kier molecular flexibility index (Phi) is 1.21. The predicted octanol–water partition coefficient (Wildman–Crippen LogP) is 0.433. The zero-order valence-electron chi connectivity index (χ0n) is 4.25. The molecule has 39 valence electrons. The maximum Gasteiger partial charge on any atom is 0.110 e. The van der Waals surface area contributed by atoms with Gasteiger partial charge >= 0.3 is 0 Å². The Balaban J connectivity index is 2.50. The van der Waals surface area contributed by atoms with Gasteiger partial charge in [-0.2, -0.15) is 5.10 Å². The third kappa shape index (κ3) is 1.07. The van der Waals surface area contributed by atoms with E-state index in [1.54, 1.807) is 5.12 Å². The molecule has 0 unspecified atom stereocenters. The van der Waals surface area contributed by atoms with E-state index >= 15 is 0 Å². The van der Waals surface area contributed by atoms with Gasteiger partial charge in [-0.25, -0.2) is 5.12 Å². The Morgan fingerprint density at radius 1 is 1.71 bits per heavy atom. The van der Waals surface area contributed by atoms with Gasteiger partial charge in [-0.1, -0.05) is 0 Å². The van der Waals surface area contributed by atoms with Gasteiger partial charge in [-0.15, -0.1) is 0 Å². The molecule has 0 saturated heterocycles. The first-order chi connectivity index (χ1) is 3.29. The summed E-state index contributed by atoms with van der Waals surface area (Å²) in [7, 11) is 1.81. The van der Waals surface area contributed by atoms with Gasteiger partial charge in [0.1, 0.15) is 5.04 Å². The van der Waals surface area contributed by atoms with Crippen molar-refractivity contribution >= 4 is 17.0 Å². The third-order valence-electron chi connectivity index (χ3n) is 0.577. The highest BCUT2D eigenvalue weighted by molar-refractivity contribution is 8.12. The molecule has 1 radical (unpaired) electrons. The average Bonchev–Trinajstić information content (AvgIpc) is 1.87. The Labute approximate surface area is 46.9 Å². The molecule has 0 bridgehead atoms. The van der Waals surface area contributed by atoms with Crippen molar-refractivity contribution in [2.45, 2.75) is 6.92 Å². The molecule has 0 aliphatic carbocycles. The average molecular weight is 116 g/mol. The number of nitrogens with zero attached hydrogens (tertiary/aromatic N) is 3. The fraction of sp³-hybridized carbons (Fsp3) is 0.667. The van der Waals surface area contributed by atoms with Gasteiger partial charge in [0.25, 0.3) is 0 Å². The lowest BCUT2D eigenvalue weighted by atomic mass is 10.9. The van der Waals surface area contributed by atoms with Crippen LogP contribution in [0, 0.1) is 0 Å². The van der Waals surface area contributed by atoms with Crippen molar-refractivity contribution in [2.24, 2.45) is 5.10 Å². The van der Waals surface area contributed by atoms with Gasteiger partial charge in [0.05, 0.1) is 0 Å². The summed E-state index contributed by atoms with van der Waals surface area (Å²) in [5.41, 5.74) is 0. The van der Waals surface area contributed by atoms with E-state index in [1.807, 2.05) is 14.0 Å². The molecule has 1 aliphatic rings. The summed E-state index contributed by atoms with van der Waals surface area (Å²) in [6.07, 6.45) is 0. The smallest absolute Gasteiger partial charge is 0.110 e. The quantitative estimate of drug-likeness (QED) is 0.430. The fourth-order valence-electron chi connectivity index (χ4n) is 0.358. The van der Waals surface area contributed by atoms with Crippen LogP contribution in [0.15, 0.2) is 5.10 Å². The Morgan fingerprint density at radius 3 is 2.57 bits per heavy atom. The Hall–Kier alpha value is -0.220. The van der Waals surface area contributed by atoms with Crippen molar-refractivity contribution in [1.29, 1.82) is 0 Å². The largest absolute Gasteiger partial charge is 0.202 e. The van der Waals surface area contributed by atoms with Crippen LogP contribution in [0.5, 0.6) is 0 Å². The van der Waals surface area contributed by atoms with Crippen molar-refractivity contribution < 1.29 is 0 Å². The first kappa shape index (κ1) is 4.93. The van der Waals surface area contributed by atoms with Crippen molar-refractivity contribution in [1.82, 2.24) is 9.95 Å². The van der Waals surface area contributed by atoms with Crippen molar-refractivity contribution in [3.05, 3.63) is 0 Å². The second-order valence-corrected chi connectivity index (χ2v) is 2.22. The van der Waals surface area contributed by atoms with Gasteiger partial charge in [0, 0.05) is 19.0 Å². The summed E-state index contributed by atoms with van der Waals surface area (Å²) < 4.78 is 0. The van der Waals surface area contributed by atoms with E-state index in [-0.39, 0.29) is 0 Å². The lowest BCUT2D eigenvalue weighted by Crippen LogP contribution is -2.09. The zero-order chi connectivity index (χ0) is 5.28. The van der Waals surface area contributed by atoms with E-state index in [2.05, 4.69) is 9.93 Å². The molecular formula is C3H6N3S. The highest BCUT2D eigenvalue weighted by Crippen LogP contribution is 2.08. The molecule has 0 atom stereocenters. The van der Waals surface area contributed by atoms with Crippen LogP contribution in [0.3, 0.4) is 0 Å². The second-order valence-electron chi connectivity index (χ2n) is 1.28. The predicted molar refractivity (Wildman–Crippen MR) is 30.6 cm³/mol. The molecule has 0 aromatic carbocycles. The Morgan fingerprint density at radius 2 is 2.43 bits per heavy atom. The topological polar surface area (TPSA) is 29.7 Å². The summed E-state index contributed by atoms with van der Waals surface area (Å²) >= 11 is 1.41. The molecule has 0 N–H and O–H groups in total. The van der Waals surface area contributed by atoms with Crippen LogP contribution < -0.4 is 4.83 Å². The lowest BCUT2D eigenvalue weighted by molar-refractivity contribution is 0.332. The first-order valence-electron chi connectivity index (χ1n) is 1.96. The maximum absolute atomic E-state index is 3.94. The monoisotopic (exact) mass is 116 g/mol. The molecular weight excluding hydrogens is 110 g/mol. The summed E-state index contributed by atoms with van der Waals surface area (Å²) in [4.78, 5) is 3.86. The van der Waals surface area contributed by atoms with Crippen LogP contribution in [-0.2, 0) is 0 Å². The molecule has 4 heteroatoms. The number of rotatable bonds is 0. The molecule has 0 saturated carbocycles. The molecule has 7 heavy (non-hydrogen) atoms. The van der Waals surface area contributed by atoms with Crippen LogP contribution in [0.2, 0.25) is 0 Å². The van der Waals surface area contributed by atoms with Crippen LogP contribution in [0.1, 0.15) is 6.92 Å². The van der Waals surface area contributed by atoms with Gasteiger partial charge in [-0.3, -0.25) is 0 Å². The van der Waals surface area contributed by atoms with Gasteiger partial charge in [0.2, 0.25) is 0 Å². The molecule has 0 amide bonds. The third-order valence-corrected chi connectivity index (χ3v) is 1.24.